The third-order valence-corrected chi connectivity index (χ3v) is 3.33. The van der Waals surface area contributed by atoms with Crippen LogP contribution < -0.4 is 10.6 Å². The van der Waals surface area contributed by atoms with Crippen LogP contribution in [0, 0.1) is 11.3 Å². The molecule has 0 atom stereocenters. The van der Waals surface area contributed by atoms with Crippen molar-refractivity contribution in [3.63, 3.8) is 0 Å². The van der Waals surface area contributed by atoms with E-state index < -0.39 is 0 Å². The predicted octanol–water partition coefficient (Wildman–Crippen LogP) is 2.37. The molecule has 4 heteroatoms. The zero-order valence-corrected chi connectivity index (χ0v) is 12.7. The molecule has 3 nitrogen and oxygen atoms in total. The molecule has 0 spiro atoms. The largest absolute Gasteiger partial charge is 0.356 e. The first-order valence-corrected chi connectivity index (χ1v) is 6.22. The minimum Gasteiger partial charge on any atom is -0.356 e. The minimum atomic E-state index is 0. The second-order valence-electron chi connectivity index (χ2n) is 5.46. The van der Waals surface area contributed by atoms with Crippen LogP contribution in [0.5, 0.6) is 0 Å². The van der Waals surface area contributed by atoms with Crippen molar-refractivity contribution < 1.29 is 0 Å². The Bertz CT molecular complexity index is 247. The van der Waals surface area contributed by atoms with Gasteiger partial charge >= 0.3 is 0 Å². The fraction of sp³-hybridized carbons (Fsp3) is 0.917. The van der Waals surface area contributed by atoms with Crippen molar-refractivity contribution in [2.45, 2.75) is 39.5 Å². The third kappa shape index (κ3) is 4.11. The molecule has 0 unspecified atom stereocenters. The van der Waals surface area contributed by atoms with Crippen LogP contribution in [0.1, 0.15) is 39.5 Å². The lowest BCUT2D eigenvalue weighted by atomic mass is 9.94. The number of halogens is 1. The van der Waals surface area contributed by atoms with Gasteiger partial charge in [0.15, 0.2) is 5.96 Å². The van der Waals surface area contributed by atoms with Crippen LogP contribution >= 0.6 is 24.0 Å². The van der Waals surface area contributed by atoms with Gasteiger partial charge in [0.2, 0.25) is 0 Å². The average molecular weight is 337 g/mol. The van der Waals surface area contributed by atoms with E-state index >= 15 is 0 Å². The zero-order valence-electron chi connectivity index (χ0n) is 10.4. The van der Waals surface area contributed by atoms with Crippen molar-refractivity contribution in [2.24, 2.45) is 16.3 Å². The van der Waals surface area contributed by atoms with E-state index in [1.807, 2.05) is 0 Å². The highest BCUT2D eigenvalue weighted by atomic mass is 127. The highest BCUT2D eigenvalue weighted by Crippen LogP contribution is 2.49. The Kier molecular flexibility index (Phi) is 5.34. The average Bonchev–Trinajstić information content (AvgIpc) is 2.96. The number of guanidine groups is 1. The van der Waals surface area contributed by atoms with Crippen LogP contribution in [0.3, 0.4) is 0 Å². The lowest BCUT2D eigenvalue weighted by Crippen LogP contribution is -2.43. The van der Waals surface area contributed by atoms with Gasteiger partial charge in [0.05, 0.1) is 0 Å². The number of nitrogens with zero attached hydrogens (tertiary/aromatic N) is 1. The first-order chi connectivity index (χ1) is 7.20. The molecule has 0 aromatic heterocycles. The molecule has 0 aromatic rings. The van der Waals surface area contributed by atoms with Gasteiger partial charge in [-0.25, -0.2) is 0 Å². The Morgan fingerprint density at radius 1 is 1.44 bits per heavy atom. The Balaban J connectivity index is 0.00000128. The molecule has 1 aliphatic heterocycles. The highest BCUT2D eigenvalue weighted by Gasteiger charge is 2.42. The van der Waals surface area contributed by atoms with E-state index in [4.69, 9.17) is 0 Å². The monoisotopic (exact) mass is 337 g/mol. The normalized spacial score (nSPS) is 21.8. The van der Waals surface area contributed by atoms with Crippen molar-refractivity contribution in [1.29, 1.82) is 0 Å². The molecule has 0 aromatic carbocycles. The Morgan fingerprint density at radius 3 is 2.69 bits per heavy atom. The summed E-state index contributed by atoms with van der Waals surface area (Å²) < 4.78 is 0. The maximum Gasteiger partial charge on any atom is 0.191 e. The molecule has 0 bridgehead atoms. The van der Waals surface area contributed by atoms with E-state index in [0.29, 0.717) is 5.41 Å². The van der Waals surface area contributed by atoms with Gasteiger partial charge in [-0.05, 0) is 37.0 Å². The van der Waals surface area contributed by atoms with Crippen LogP contribution in [-0.4, -0.2) is 25.6 Å². The van der Waals surface area contributed by atoms with Gasteiger partial charge in [0.25, 0.3) is 0 Å². The Hall–Kier alpha value is 0. The van der Waals surface area contributed by atoms with E-state index in [2.05, 4.69) is 29.5 Å². The van der Waals surface area contributed by atoms with Crippen molar-refractivity contribution in [3.05, 3.63) is 0 Å². The van der Waals surface area contributed by atoms with Gasteiger partial charge < -0.3 is 10.6 Å². The standard InChI is InChI=1S/C12H23N3.HI/c1-10(2)8-12(4-5-12)9-15-11-13-6-3-7-14-11;/h10H,3-9H2,1-2H3,(H2,13,14,15);1H. The van der Waals surface area contributed by atoms with Crippen molar-refractivity contribution >= 4 is 29.9 Å². The Labute approximate surface area is 116 Å². The van der Waals surface area contributed by atoms with Gasteiger partial charge in [0.1, 0.15) is 0 Å². The van der Waals surface area contributed by atoms with Crippen LogP contribution in [0.25, 0.3) is 0 Å². The first kappa shape index (κ1) is 14.1. The summed E-state index contributed by atoms with van der Waals surface area (Å²) in [5, 5.41) is 6.78. The fourth-order valence-corrected chi connectivity index (χ4v) is 2.42. The molecule has 2 aliphatic rings. The molecule has 94 valence electrons. The van der Waals surface area contributed by atoms with E-state index in [-0.39, 0.29) is 24.0 Å². The van der Waals surface area contributed by atoms with Crippen LogP contribution in [-0.2, 0) is 0 Å². The second kappa shape index (κ2) is 6.07. The van der Waals surface area contributed by atoms with Gasteiger partial charge in [-0.2, -0.15) is 0 Å². The van der Waals surface area contributed by atoms with Gasteiger partial charge in [0, 0.05) is 19.6 Å². The summed E-state index contributed by atoms with van der Waals surface area (Å²) in [6.07, 6.45) is 5.31. The predicted molar refractivity (Wildman–Crippen MR) is 79.5 cm³/mol. The summed E-state index contributed by atoms with van der Waals surface area (Å²) in [7, 11) is 0. The van der Waals surface area contributed by atoms with Crippen LogP contribution in [0.4, 0.5) is 0 Å². The highest BCUT2D eigenvalue weighted by molar-refractivity contribution is 14.0. The number of hydrogen-bond acceptors (Lipinski definition) is 3. The lowest BCUT2D eigenvalue weighted by Gasteiger charge is -2.21. The lowest BCUT2D eigenvalue weighted by molar-refractivity contribution is 0.384. The fourth-order valence-electron chi connectivity index (χ4n) is 2.42. The number of nitrogens with one attached hydrogen (secondary N) is 2. The molecule has 16 heavy (non-hydrogen) atoms. The second-order valence-corrected chi connectivity index (χ2v) is 5.46. The minimum absolute atomic E-state index is 0. The molecule has 0 radical (unpaired) electrons. The maximum absolute atomic E-state index is 4.43. The molecule has 2 N–H and O–H groups in total. The molecule has 1 aliphatic carbocycles. The Morgan fingerprint density at radius 2 is 2.19 bits per heavy atom. The summed E-state index contributed by atoms with van der Waals surface area (Å²) in [6, 6.07) is 0. The van der Waals surface area contributed by atoms with Crippen molar-refractivity contribution in [1.82, 2.24) is 10.6 Å². The molecule has 1 fully saturated rings. The van der Waals surface area contributed by atoms with Gasteiger partial charge in [-0.1, -0.05) is 13.8 Å². The molecular formula is C12H24IN3. The molecule has 0 amide bonds. The van der Waals surface area contributed by atoms with Crippen molar-refractivity contribution in [2.75, 3.05) is 19.6 Å². The smallest absolute Gasteiger partial charge is 0.191 e. The summed E-state index contributed by atoms with van der Waals surface area (Å²) in [5.74, 6) is 1.84. The van der Waals surface area contributed by atoms with E-state index in [1.54, 1.807) is 0 Å². The molecular weight excluding hydrogens is 313 g/mol. The molecule has 1 saturated carbocycles. The molecule has 0 saturated heterocycles. The van der Waals surface area contributed by atoms with Crippen LogP contribution in [0.2, 0.25) is 0 Å². The molecule has 2 rings (SSSR count). The third-order valence-electron chi connectivity index (χ3n) is 3.33. The number of rotatable bonds is 4. The maximum atomic E-state index is 4.43. The number of aliphatic imine (C=N–C) groups is 1. The van der Waals surface area contributed by atoms with Gasteiger partial charge in [-0.15, -0.1) is 24.0 Å². The molecule has 1 heterocycles. The zero-order chi connectivity index (χ0) is 10.7. The van der Waals surface area contributed by atoms with E-state index in [0.717, 1.165) is 31.5 Å². The van der Waals surface area contributed by atoms with Crippen LogP contribution in [0.15, 0.2) is 4.99 Å². The van der Waals surface area contributed by atoms with E-state index in [1.165, 1.54) is 25.7 Å². The summed E-state index contributed by atoms with van der Waals surface area (Å²) in [4.78, 5) is 4.43. The topological polar surface area (TPSA) is 36.4 Å². The summed E-state index contributed by atoms with van der Waals surface area (Å²) in [6.45, 7) is 7.79. The first-order valence-electron chi connectivity index (χ1n) is 6.22. The summed E-state index contributed by atoms with van der Waals surface area (Å²) >= 11 is 0. The quantitative estimate of drug-likeness (QED) is 0.773. The van der Waals surface area contributed by atoms with Crippen molar-refractivity contribution in [3.8, 4) is 0 Å². The number of hydrogen-bond donors (Lipinski definition) is 2. The summed E-state index contributed by atoms with van der Waals surface area (Å²) in [5.41, 5.74) is 0.593. The van der Waals surface area contributed by atoms with Gasteiger partial charge in [-0.3, -0.25) is 4.99 Å². The SMILES string of the molecule is CC(C)CC1(CNC2=NCCCN2)CC1.I. The van der Waals surface area contributed by atoms with E-state index in [9.17, 15) is 0 Å².